The topological polar surface area (TPSA) is 83.5 Å². The van der Waals surface area contributed by atoms with E-state index >= 15 is 4.79 Å². The normalized spacial score (nSPS) is 31.5. The fraction of sp³-hybridized carbons (Fsp3) is 0.857. The first kappa shape index (κ1) is 71.5. The second-order valence-electron chi connectivity index (χ2n) is 14.8. The SMILES string of the molecule is CC1=CC(C)(C)C([C@@H](OPP)[C@@H]2[C@]3(O)CO[C@@H]3C[C@H](OP(P(P)P)P(P)P)[C@@]2(C)C(=O)[C@@H](C)OP(P(P)P)P(PP)P(P)P)C[C@@H]1OP(P(P)P(P)P)P(P(P)P)P(P)P.[Ac]. The minimum absolute atomic E-state index is 0. The van der Waals surface area contributed by atoms with Crippen LogP contribution in [-0.4, -0.2) is 53.6 Å². The van der Waals surface area contributed by atoms with Gasteiger partial charge in [-0.3, -0.25) is 4.79 Å². The Bertz CT molecular complexity index is 1410. The number of allylic oxidation sites excluding steroid dienone is 1. The van der Waals surface area contributed by atoms with Crippen LogP contribution in [-0.2, 0) is 27.6 Å². The summed E-state index contributed by atoms with van der Waals surface area (Å²) in [6, 6.07) is 0. The molecule has 2 aliphatic carbocycles. The molecule has 1 aliphatic heterocycles. The van der Waals surface area contributed by atoms with Gasteiger partial charge in [0.15, 0.2) is 5.78 Å². The van der Waals surface area contributed by atoms with Crippen LogP contribution >= 0.6 is 261 Å². The van der Waals surface area contributed by atoms with Crippen molar-refractivity contribution < 1.29 is 76.8 Å². The van der Waals surface area contributed by atoms with Gasteiger partial charge < -0.3 is 27.9 Å². The molecule has 3 aliphatic rings. The molecule has 0 aromatic heterocycles. The average molecular weight is 1650 g/mol. The Morgan fingerprint density at radius 2 is 1.34 bits per heavy atom. The number of fused-ring (bicyclic) bond motifs is 1. The van der Waals surface area contributed by atoms with Crippen molar-refractivity contribution in [1.82, 2.24) is 0 Å². The van der Waals surface area contributed by atoms with Crippen molar-refractivity contribution in [3.05, 3.63) is 11.6 Å². The number of carbonyl (C=O) groups is 1. The van der Waals surface area contributed by atoms with Gasteiger partial charge in [-0.25, -0.2) is 0 Å². The third-order valence-corrected chi connectivity index (χ3v) is 152. The quantitative estimate of drug-likeness (QED) is 0.0806. The van der Waals surface area contributed by atoms with Gasteiger partial charge in [-0.05, 0) is 93.0 Å². The summed E-state index contributed by atoms with van der Waals surface area (Å²) in [7, 11) is 49.9. The number of carbonyl (C=O) groups excluding carboxylic acids is 1. The maximum absolute atomic E-state index is 15.9. The van der Waals surface area contributed by atoms with Crippen LogP contribution in [0.15, 0.2) is 11.6 Å². The maximum Gasteiger partial charge on any atom is 0.170 e. The Hall–Kier alpha value is 14.4. The number of Topliss-reactive ketones (excluding diaryl/α,β-unsaturated/α-hetero) is 1. The molecule has 0 aromatic rings. The van der Waals surface area contributed by atoms with Crippen LogP contribution in [0, 0.1) is 66.7 Å². The zero-order valence-electron chi connectivity index (χ0n) is 34.3. The smallest absolute Gasteiger partial charge is 0.170 e. The van der Waals surface area contributed by atoms with E-state index in [0.717, 1.165) is 6.42 Å². The van der Waals surface area contributed by atoms with Gasteiger partial charge in [-0.1, -0.05) is 45.7 Å². The third-order valence-electron chi connectivity index (χ3n) is 10.5. The van der Waals surface area contributed by atoms with Crippen molar-refractivity contribution in [2.75, 3.05) is 6.61 Å². The van der Waals surface area contributed by atoms with Gasteiger partial charge in [0, 0.05) is 85.9 Å². The van der Waals surface area contributed by atoms with Crippen LogP contribution in [0.2, 0.25) is 0 Å². The molecular weight excluding hydrogens is 1580 g/mol. The fourth-order valence-electron chi connectivity index (χ4n) is 7.88. The van der Waals surface area contributed by atoms with Crippen molar-refractivity contribution in [2.45, 2.75) is 83.6 Å². The second kappa shape index (κ2) is 33.5. The van der Waals surface area contributed by atoms with E-state index in [1.165, 1.54) is 5.57 Å². The van der Waals surface area contributed by atoms with E-state index in [1.54, 1.807) is 0 Å². The van der Waals surface area contributed by atoms with E-state index in [9.17, 15) is 5.11 Å². The zero-order chi connectivity index (χ0) is 46.0. The summed E-state index contributed by atoms with van der Waals surface area (Å²) in [5.74, 6) is -0.717. The number of aliphatic hydroxyl groups is 1. The monoisotopic (exact) mass is 1650 g/mol. The Kier molecular flexibility index (Phi) is 39.2. The van der Waals surface area contributed by atoms with Crippen LogP contribution in [0.3, 0.4) is 0 Å². The van der Waals surface area contributed by atoms with Crippen LogP contribution < -0.4 is 0 Å². The molecule has 40 heteroatoms. The molecule has 1 radical (unpaired) electrons. The van der Waals surface area contributed by atoms with Crippen molar-refractivity contribution >= 4 is 266 Å². The Morgan fingerprint density at radius 1 is 0.803 bits per heavy atom. The standard InChI is InChI=1S/C21H66O7P32.Ac/c1-10-8-19(3,4)12(6-13(10)27-50(58(45)54(37)38)60(56(41)42)57(43)44)16(25-46-29)17-20(5,18(22)11(2)26-49(53(35)36)59(47-30)55(39)40)14(7-15-21(17,23)9-24-15)28-48(51(31)32)52(33)34;/h8,11-17,23,46-47H,6-7,9,29-45H2,1-5H3;/t11-,12?,13+,14+,15-,16-,17+,20-,21+,49?,50?,58?,59?;/m1./s1. The van der Waals surface area contributed by atoms with Gasteiger partial charge in [0.25, 0.3) is 0 Å². The first-order chi connectivity index (χ1) is 27.6. The van der Waals surface area contributed by atoms with Crippen LogP contribution in [0.1, 0.15) is 47.5 Å². The van der Waals surface area contributed by atoms with Crippen LogP contribution in [0.4, 0.5) is 0 Å². The number of ketones is 1. The summed E-state index contributed by atoms with van der Waals surface area (Å²) < 4.78 is 35.4. The fourth-order valence-corrected chi connectivity index (χ4v) is 204. The molecule has 0 spiro atoms. The molecule has 32 atom stereocenters. The molecule has 7 nitrogen and oxygen atoms in total. The number of hydrogen-bond donors (Lipinski definition) is 1. The van der Waals surface area contributed by atoms with E-state index in [0.29, 0.717) is 14.4 Å². The third kappa shape index (κ3) is 19.2. The minimum atomic E-state index is -1.29. The molecule has 2 fully saturated rings. The van der Waals surface area contributed by atoms with Gasteiger partial charge >= 0.3 is 0 Å². The average Bonchev–Trinajstić information content (AvgIpc) is 3.12. The van der Waals surface area contributed by atoms with Crippen molar-refractivity contribution in [1.29, 1.82) is 0 Å². The number of rotatable bonds is 23. The summed E-state index contributed by atoms with van der Waals surface area (Å²) in [5.41, 5.74) is -1.53. The van der Waals surface area contributed by atoms with E-state index < -0.39 is 113 Å². The molecule has 0 bridgehead atoms. The predicted octanol–water partition coefficient (Wildman–Crippen LogP) is 20.0. The molecule has 0 aromatic carbocycles. The van der Waals surface area contributed by atoms with Crippen molar-refractivity contribution in [3.63, 3.8) is 0 Å². The second-order valence-corrected chi connectivity index (χ2v) is 123. The minimum Gasteiger partial charge on any atom is -0.384 e. The molecule has 3 rings (SSSR count). The molecule has 1 saturated carbocycles. The van der Waals surface area contributed by atoms with E-state index in [4.69, 9.17) is 22.8 Å². The largest absolute Gasteiger partial charge is 0.384 e. The molecule has 61 heavy (non-hydrogen) atoms. The summed E-state index contributed by atoms with van der Waals surface area (Å²) in [6.45, 7) is 6.43. The van der Waals surface area contributed by atoms with Gasteiger partial charge in [-0.2, -0.15) is 0 Å². The van der Waals surface area contributed by atoms with Gasteiger partial charge in [0.1, 0.15) is 11.7 Å². The molecule has 1 heterocycles. The van der Waals surface area contributed by atoms with Gasteiger partial charge in [0.2, 0.25) is 0 Å². The first-order valence-electron chi connectivity index (χ1n) is 17.4. The van der Waals surface area contributed by atoms with E-state index in [1.807, 2.05) is 6.92 Å². The Morgan fingerprint density at radius 3 is 1.75 bits per heavy atom. The van der Waals surface area contributed by atoms with Crippen molar-refractivity contribution in [2.24, 2.45) is 22.7 Å². The van der Waals surface area contributed by atoms with E-state index in [2.05, 4.69) is 186 Å². The molecule has 24 unspecified atom stereocenters. The summed E-state index contributed by atoms with van der Waals surface area (Å²) >= 11 is 0. The maximum atomic E-state index is 15.9. The Balaban J connectivity index is 0.0000128. The molecule has 0 amide bonds. The predicted molar refractivity (Wildman–Crippen MR) is 368 cm³/mol. The van der Waals surface area contributed by atoms with Crippen LogP contribution in [0.25, 0.3) is 0 Å². The molecular formula is C21H66AcO7P32. The first-order valence-corrected chi connectivity index (χ1v) is 72.3. The summed E-state index contributed by atoms with van der Waals surface area (Å²) in [4.78, 5) is 15.9. The zero-order valence-corrected chi connectivity index (χ0v) is 72.3. The van der Waals surface area contributed by atoms with E-state index in [-0.39, 0.29) is 103 Å². The summed E-state index contributed by atoms with van der Waals surface area (Å²) in [5, 5.41) is 13.2. The number of ether oxygens (including phenoxy) is 1. The Labute approximate surface area is 461 Å². The number of hydrogen-bond acceptors (Lipinski definition) is 7. The molecule has 1 N–H and O–H groups in total. The van der Waals surface area contributed by atoms with Crippen LogP contribution in [0.5, 0.6) is 0 Å². The molecule has 1 saturated heterocycles. The van der Waals surface area contributed by atoms with Crippen molar-refractivity contribution in [3.8, 4) is 0 Å². The van der Waals surface area contributed by atoms with Gasteiger partial charge in [-0.15, -0.1) is 134 Å². The van der Waals surface area contributed by atoms with Gasteiger partial charge in [0.05, 0.1) is 59.0 Å². The summed E-state index contributed by atoms with van der Waals surface area (Å²) in [6.07, 6.45) is 1.26. The molecule has 355 valence electrons.